The highest BCUT2D eigenvalue weighted by Crippen LogP contribution is 2.35. The lowest BCUT2D eigenvalue weighted by atomic mass is 9.92. The number of benzene rings is 2. The van der Waals surface area contributed by atoms with E-state index in [1.54, 1.807) is 47.3 Å². The van der Waals surface area contributed by atoms with Crippen LogP contribution >= 0.6 is 23.2 Å². The number of rotatable bonds is 4. The minimum atomic E-state index is -0.496. The number of aryl methyl sites for hydroxylation is 1. The molecule has 0 atom stereocenters. The minimum absolute atomic E-state index is 0.307. The molecule has 8 heteroatoms. The average Bonchev–Trinajstić information content (AvgIpc) is 3.30. The number of hydrogen-bond acceptors (Lipinski definition) is 3. The third-order valence-electron chi connectivity index (χ3n) is 5.91. The molecule has 5 nitrogen and oxygen atoms in total. The van der Waals surface area contributed by atoms with Gasteiger partial charge in [-0.05, 0) is 54.7 Å². The Labute approximate surface area is 194 Å². The molecule has 0 N–H and O–H groups in total. The Kier molecular flexibility index (Phi) is 5.35. The minimum Gasteiger partial charge on any atom is -0.269 e. The van der Waals surface area contributed by atoms with Crippen molar-refractivity contribution in [3.63, 3.8) is 0 Å². The highest BCUT2D eigenvalue weighted by atomic mass is 35.5. The second-order valence-corrected chi connectivity index (χ2v) is 8.73. The fraction of sp³-hybridized carbons (Fsp3) is 0.208. The highest BCUT2D eigenvalue weighted by molar-refractivity contribution is 6.35. The van der Waals surface area contributed by atoms with Gasteiger partial charge in [0.15, 0.2) is 0 Å². The Balaban J connectivity index is 1.48. The molecule has 2 aliphatic rings. The first-order valence-electron chi connectivity index (χ1n) is 10.3. The lowest BCUT2D eigenvalue weighted by Gasteiger charge is -2.21. The molecule has 0 unspecified atom stereocenters. The zero-order valence-corrected chi connectivity index (χ0v) is 18.5. The van der Waals surface area contributed by atoms with Crippen LogP contribution in [0.25, 0.3) is 5.57 Å². The molecule has 0 saturated heterocycles. The van der Waals surface area contributed by atoms with Gasteiger partial charge in [0.05, 0.1) is 36.1 Å². The van der Waals surface area contributed by atoms with Crippen LogP contribution in [-0.4, -0.2) is 33.0 Å². The van der Waals surface area contributed by atoms with Gasteiger partial charge in [0.1, 0.15) is 5.83 Å². The van der Waals surface area contributed by atoms with Crippen molar-refractivity contribution in [1.29, 1.82) is 0 Å². The van der Waals surface area contributed by atoms with Crippen LogP contribution in [-0.2, 0) is 13.0 Å². The van der Waals surface area contributed by atoms with Crippen molar-refractivity contribution in [3.05, 3.63) is 92.5 Å². The molecule has 3 aromatic rings. The standard InChI is InChI=1S/C24H18Cl2FN3O2/c25-16-9-8-15(20(26)10-16)12-30-22-14(11-28-30)4-3-7-19(22)21(27)13-29-23(31)17-5-1-2-6-18(17)24(29)32/h1-2,5-6,8-11H,3-4,7,12-13H2/b21-19-. The third kappa shape index (κ3) is 3.53. The number of nitrogens with zero attached hydrogens (tertiary/aromatic N) is 3. The number of amides is 2. The fourth-order valence-corrected chi connectivity index (χ4v) is 4.81. The Morgan fingerprint density at radius 1 is 1.03 bits per heavy atom. The van der Waals surface area contributed by atoms with E-state index in [-0.39, 0.29) is 0 Å². The molecule has 1 aliphatic carbocycles. The summed E-state index contributed by atoms with van der Waals surface area (Å²) in [4.78, 5) is 26.3. The smallest absolute Gasteiger partial charge is 0.261 e. The summed E-state index contributed by atoms with van der Waals surface area (Å²) in [6.07, 6.45) is 3.80. The monoisotopic (exact) mass is 469 g/mol. The van der Waals surface area contributed by atoms with Crippen molar-refractivity contribution in [2.45, 2.75) is 25.8 Å². The molecule has 0 radical (unpaired) electrons. The van der Waals surface area contributed by atoms with E-state index in [1.165, 1.54) is 0 Å². The van der Waals surface area contributed by atoms with Gasteiger partial charge in [-0.15, -0.1) is 0 Å². The van der Waals surface area contributed by atoms with Crippen LogP contribution in [0, 0.1) is 0 Å². The molecular weight excluding hydrogens is 452 g/mol. The van der Waals surface area contributed by atoms with Gasteiger partial charge in [-0.3, -0.25) is 19.2 Å². The Morgan fingerprint density at radius 2 is 1.75 bits per heavy atom. The number of aromatic nitrogens is 2. The number of imide groups is 1. The van der Waals surface area contributed by atoms with Crippen LogP contribution in [0.15, 0.2) is 54.5 Å². The summed E-state index contributed by atoms with van der Waals surface area (Å²) in [5.74, 6) is -1.44. The predicted molar refractivity (Wildman–Crippen MR) is 121 cm³/mol. The number of halogens is 3. The summed E-state index contributed by atoms with van der Waals surface area (Å²) >= 11 is 12.3. The van der Waals surface area contributed by atoms with Gasteiger partial charge in [-0.1, -0.05) is 41.4 Å². The van der Waals surface area contributed by atoms with E-state index in [0.717, 1.165) is 28.9 Å². The first-order valence-corrected chi connectivity index (χ1v) is 11.0. The van der Waals surface area contributed by atoms with E-state index < -0.39 is 24.2 Å². The summed E-state index contributed by atoms with van der Waals surface area (Å²) in [6, 6.07) is 11.8. The van der Waals surface area contributed by atoms with E-state index in [4.69, 9.17) is 23.2 Å². The topological polar surface area (TPSA) is 55.2 Å². The van der Waals surface area contributed by atoms with E-state index >= 15 is 4.39 Å². The van der Waals surface area contributed by atoms with Crippen molar-refractivity contribution in [3.8, 4) is 0 Å². The van der Waals surface area contributed by atoms with E-state index in [1.807, 2.05) is 6.07 Å². The van der Waals surface area contributed by atoms with Gasteiger partial charge in [0.2, 0.25) is 0 Å². The Bertz CT molecular complexity index is 1260. The van der Waals surface area contributed by atoms with E-state index in [0.29, 0.717) is 45.4 Å². The predicted octanol–water partition coefficient (Wildman–Crippen LogP) is 5.55. The first-order chi connectivity index (χ1) is 15.4. The van der Waals surface area contributed by atoms with E-state index in [2.05, 4.69) is 5.10 Å². The van der Waals surface area contributed by atoms with Gasteiger partial charge in [-0.2, -0.15) is 5.10 Å². The number of carbonyl (C=O) groups excluding carboxylic acids is 2. The van der Waals surface area contributed by atoms with Gasteiger partial charge in [-0.25, -0.2) is 4.39 Å². The fourth-order valence-electron chi connectivity index (χ4n) is 4.34. The van der Waals surface area contributed by atoms with Gasteiger partial charge < -0.3 is 0 Å². The summed E-state index contributed by atoms with van der Waals surface area (Å²) < 4.78 is 17.3. The number of fused-ring (bicyclic) bond motifs is 2. The van der Waals surface area contributed by atoms with Crippen molar-refractivity contribution >= 4 is 40.6 Å². The molecular formula is C24H18Cl2FN3O2. The highest BCUT2D eigenvalue weighted by Gasteiger charge is 2.36. The molecule has 32 heavy (non-hydrogen) atoms. The molecule has 162 valence electrons. The zero-order valence-electron chi connectivity index (χ0n) is 16.9. The maximum Gasteiger partial charge on any atom is 0.261 e. The summed E-state index contributed by atoms with van der Waals surface area (Å²) in [6.45, 7) is -0.0386. The molecule has 2 aromatic carbocycles. The SMILES string of the molecule is O=C1c2ccccc2C(=O)N1C/C(F)=C1\CCCc2cnn(Cc3ccc(Cl)cc3Cl)c21. The number of allylic oxidation sites excluding steroid dienone is 1. The van der Waals surface area contributed by atoms with Crippen LogP contribution < -0.4 is 0 Å². The van der Waals surface area contributed by atoms with Crippen molar-refractivity contribution in [2.75, 3.05) is 6.54 Å². The van der Waals surface area contributed by atoms with Gasteiger partial charge in [0, 0.05) is 15.6 Å². The van der Waals surface area contributed by atoms with Crippen LogP contribution in [0.5, 0.6) is 0 Å². The lowest BCUT2D eigenvalue weighted by molar-refractivity contribution is 0.0660. The Hall–Kier alpha value is -2.96. The second-order valence-electron chi connectivity index (χ2n) is 7.89. The summed E-state index contributed by atoms with van der Waals surface area (Å²) in [7, 11) is 0. The molecule has 2 amide bonds. The van der Waals surface area contributed by atoms with Crippen molar-refractivity contribution in [1.82, 2.24) is 14.7 Å². The van der Waals surface area contributed by atoms with Crippen LogP contribution in [0.1, 0.15) is 50.4 Å². The second kappa shape index (κ2) is 8.19. The molecule has 1 aromatic heterocycles. The van der Waals surface area contributed by atoms with Gasteiger partial charge in [0.25, 0.3) is 11.8 Å². The normalized spacial score (nSPS) is 16.9. The van der Waals surface area contributed by atoms with Crippen LogP contribution in [0.3, 0.4) is 0 Å². The van der Waals surface area contributed by atoms with Crippen LogP contribution in [0.4, 0.5) is 4.39 Å². The third-order valence-corrected chi connectivity index (χ3v) is 6.50. The maximum atomic E-state index is 15.6. The maximum absolute atomic E-state index is 15.6. The summed E-state index contributed by atoms with van der Waals surface area (Å²) in [5, 5.41) is 5.50. The molecule has 0 saturated carbocycles. The number of hydrogen-bond donors (Lipinski definition) is 0. The lowest BCUT2D eigenvalue weighted by Crippen LogP contribution is -2.31. The molecule has 2 heterocycles. The van der Waals surface area contributed by atoms with Crippen LogP contribution in [0.2, 0.25) is 10.0 Å². The molecule has 0 fully saturated rings. The molecule has 1 aliphatic heterocycles. The summed E-state index contributed by atoms with van der Waals surface area (Å²) in [5.41, 5.74) is 3.53. The zero-order chi connectivity index (χ0) is 22.4. The first kappa shape index (κ1) is 20.9. The largest absolute Gasteiger partial charge is 0.269 e. The van der Waals surface area contributed by atoms with E-state index in [9.17, 15) is 9.59 Å². The molecule has 0 bridgehead atoms. The Morgan fingerprint density at radius 3 is 2.44 bits per heavy atom. The molecule has 5 rings (SSSR count). The number of carbonyl (C=O) groups is 2. The van der Waals surface area contributed by atoms with Crippen molar-refractivity contribution < 1.29 is 14.0 Å². The quantitative estimate of drug-likeness (QED) is 0.470. The molecule has 0 spiro atoms. The van der Waals surface area contributed by atoms with Gasteiger partial charge >= 0.3 is 0 Å². The average molecular weight is 470 g/mol. The van der Waals surface area contributed by atoms with Crippen molar-refractivity contribution in [2.24, 2.45) is 0 Å².